The Morgan fingerprint density at radius 2 is 0.840 bits per heavy atom. The van der Waals surface area contributed by atoms with Crippen LogP contribution in [0.15, 0.2) is 0 Å². The number of aliphatic hydroxyl groups excluding tert-OH is 2. The maximum atomic E-state index is 10.0. The maximum Gasteiger partial charge on any atom is 0.0527 e. The molecule has 0 amide bonds. The molecular formula is C21H48O2Si2. The van der Waals surface area contributed by atoms with Crippen molar-refractivity contribution in [2.75, 3.05) is 13.2 Å². The van der Waals surface area contributed by atoms with Crippen LogP contribution in [0.3, 0.4) is 0 Å². The van der Waals surface area contributed by atoms with E-state index < -0.39 is 16.1 Å². The number of aliphatic hydroxyl groups is 2. The molecule has 0 aromatic carbocycles. The molecule has 0 aliphatic carbocycles. The molecule has 0 saturated carbocycles. The molecule has 0 radical (unpaired) electrons. The fourth-order valence-electron chi connectivity index (χ4n) is 4.73. The van der Waals surface area contributed by atoms with E-state index in [2.05, 4.69) is 41.5 Å². The minimum absolute atomic E-state index is 0.154. The van der Waals surface area contributed by atoms with Gasteiger partial charge in [0.25, 0.3) is 0 Å². The normalized spacial score (nSPS) is 13.4. The quantitative estimate of drug-likeness (QED) is 0.295. The van der Waals surface area contributed by atoms with Gasteiger partial charge < -0.3 is 10.2 Å². The van der Waals surface area contributed by atoms with Crippen LogP contribution in [0.5, 0.6) is 0 Å². The molecule has 0 atom stereocenters. The summed E-state index contributed by atoms with van der Waals surface area (Å²) in [6, 6.07) is 11.0. The Morgan fingerprint density at radius 1 is 0.560 bits per heavy atom. The number of hydrogen-bond acceptors (Lipinski definition) is 2. The van der Waals surface area contributed by atoms with E-state index in [0.717, 1.165) is 12.8 Å². The summed E-state index contributed by atoms with van der Waals surface area (Å²) < 4.78 is 0. The van der Waals surface area contributed by atoms with E-state index in [-0.39, 0.29) is 18.6 Å². The molecule has 0 unspecified atom stereocenters. The molecule has 0 fully saturated rings. The first-order valence-electron chi connectivity index (χ1n) is 11.1. The number of hydrogen-bond donors (Lipinski definition) is 2. The summed E-state index contributed by atoms with van der Waals surface area (Å²) >= 11 is 0. The van der Waals surface area contributed by atoms with Gasteiger partial charge in [0.1, 0.15) is 0 Å². The lowest BCUT2D eigenvalue weighted by Crippen LogP contribution is -2.35. The standard InChI is InChI=1S/C21H48O2Si2/c1-7-24(8-2,9-3)17-13-15-21(19-22,20-23)16-14-18-25(10-4,11-5)12-6/h22-23H,7-20H2,1-6H3. The van der Waals surface area contributed by atoms with Gasteiger partial charge in [-0.2, -0.15) is 0 Å². The minimum atomic E-state index is -1.08. The average Bonchev–Trinajstić information content (AvgIpc) is 2.68. The maximum absolute atomic E-state index is 10.0. The van der Waals surface area contributed by atoms with Crippen molar-refractivity contribution >= 4 is 16.1 Å². The van der Waals surface area contributed by atoms with E-state index in [1.165, 1.54) is 61.2 Å². The van der Waals surface area contributed by atoms with Gasteiger partial charge in [-0.15, -0.1) is 0 Å². The summed E-state index contributed by atoms with van der Waals surface area (Å²) in [5, 5.41) is 20.1. The van der Waals surface area contributed by atoms with Crippen LogP contribution in [-0.4, -0.2) is 39.6 Å². The molecule has 0 aromatic heterocycles. The van der Waals surface area contributed by atoms with Gasteiger partial charge in [0.2, 0.25) is 0 Å². The third-order valence-corrected chi connectivity index (χ3v) is 19.8. The Hall–Kier alpha value is 0.354. The van der Waals surface area contributed by atoms with Crippen molar-refractivity contribution < 1.29 is 10.2 Å². The SMILES string of the molecule is CC[Si](CC)(CC)CCCC(CO)(CO)CCC[Si](CC)(CC)CC. The van der Waals surface area contributed by atoms with Crippen molar-refractivity contribution in [3.8, 4) is 0 Å². The summed E-state index contributed by atoms with van der Waals surface area (Å²) in [6.45, 7) is 14.5. The predicted molar refractivity (Wildman–Crippen MR) is 119 cm³/mol. The second kappa shape index (κ2) is 12.7. The van der Waals surface area contributed by atoms with Crippen LogP contribution in [0.4, 0.5) is 0 Å². The van der Waals surface area contributed by atoms with Gasteiger partial charge in [-0.3, -0.25) is 0 Å². The Balaban J connectivity index is 4.69. The summed E-state index contributed by atoms with van der Waals surface area (Å²) in [5.74, 6) is 0. The van der Waals surface area contributed by atoms with Gasteiger partial charge in [-0.1, -0.05) is 103 Å². The molecule has 25 heavy (non-hydrogen) atoms. The zero-order chi connectivity index (χ0) is 19.4. The molecule has 2 nitrogen and oxygen atoms in total. The fraction of sp³-hybridized carbons (Fsp3) is 1.00. The van der Waals surface area contributed by atoms with E-state index in [0.29, 0.717) is 0 Å². The molecule has 4 heteroatoms. The van der Waals surface area contributed by atoms with Crippen molar-refractivity contribution in [2.24, 2.45) is 5.41 Å². The van der Waals surface area contributed by atoms with E-state index in [9.17, 15) is 10.2 Å². The molecule has 0 bridgehead atoms. The predicted octanol–water partition coefficient (Wildman–Crippen LogP) is 6.53. The fourth-order valence-corrected chi connectivity index (χ4v) is 11.7. The summed E-state index contributed by atoms with van der Waals surface area (Å²) in [4.78, 5) is 0. The molecule has 0 spiro atoms. The van der Waals surface area contributed by atoms with Crippen LogP contribution in [-0.2, 0) is 0 Å². The van der Waals surface area contributed by atoms with Gasteiger partial charge in [-0.25, -0.2) is 0 Å². The molecule has 2 N–H and O–H groups in total. The highest BCUT2D eigenvalue weighted by Gasteiger charge is 2.33. The second-order valence-corrected chi connectivity index (χ2v) is 19.9. The summed E-state index contributed by atoms with van der Waals surface area (Å²) in [6.07, 6.45) is 4.41. The smallest absolute Gasteiger partial charge is 0.0527 e. The summed E-state index contributed by atoms with van der Waals surface area (Å²) in [7, 11) is -2.16. The van der Waals surface area contributed by atoms with Gasteiger partial charge >= 0.3 is 0 Å². The topological polar surface area (TPSA) is 40.5 Å². The Bertz CT molecular complexity index is 277. The Morgan fingerprint density at radius 3 is 1.04 bits per heavy atom. The Labute approximate surface area is 160 Å². The molecule has 0 saturated heterocycles. The summed E-state index contributed by atoms with van der Waals surface area (Å²) in [5.41, 5.74) is -0.231. The van der Waals surface area contributed by atoms with Gasteiger partial charge in [0, 0.05) is 5.41 Å². The van der Waals surface area contributed by atoms with Crippen molar-refractivity contribution in [1.29, 1.82) is 0 Å². The lowest BCUT2D eigenvalue weighted by molar-refractivity contribution is 0.0383. The van der Waals surface area contributed by atoms with Crippen molar-refractivity contribution in [2.45, 2.75) is 116 Å². The van der Waals surface area contributed by atoms with Gasteiger partial charge in [-0.05, 0) is 12.8 Å². The van der Waals surface area contributed by atoms with E-state index in [1.54, 1.807) is 0 Å². The minimum Gasteiger partial charge on any atom is -0.396 e. The molecule has 0 rings (SSSR count). The highest BCUT2D eigenvalue weighted by atomic mass is 28.3. The van der Waals surface area contributed by atoms with Gasteiger partial charge in [0.15, 0.2) is 0 Å². The molecule has 0 aliphatic heterocycles. The van der Waals surface area contributed by atoms with Crippen LogP contribution < -0.4 is 0 Å². The first-order chi connectivity index (χ1) is 11.9. The zero-order valence-corrected chi connectivity index (χ0v) is 20.3. The Kier molecular flexibility index (Phi) is 12.9. The van der Waals surface area contributed by atoms with Crippen molar-refractivity contribution in [3.05, 3.63) is 0 Å². The molecular weight excluding hydrogens is 340 g/mol. The highest BCUT2D eigenvalue weighted by Crippen LogP contribution is 2.36. The number of rotatable bonds is 16. The average molecular weight is 389 g/mol. The van der Waals surface area contributed by atoms with Gasteiger partial charge in [0.05, 0.1) is 29.4 Å². The van der Waals surface area contributed by atoms with E-state index in [1.807, 2.05) is 0 Å². The first-order valence-corrected chi connectivity index (χ1v) is 16.8. The molecule has 0 aliphatic rings. The molecule has 0 heterocycles. The second-order valence-electron chi connectivity index (χ2n) is 8.64. The lowest BCUT2D eigenvalue weighted by atomic mass is 9.81. The van der Waals surface area contributed by atoms with E-state index in [4.69, 9.17) is 0 Å². The van der Waals surface area contributed by atoms with E-state index >= 15 is 0 Å². The third-order valence-electron chi connectivity index (χ3n) is 8.00. The van der Waals surface area contributed by atoms with Crippen LogP contribution in [0.25, 0.3) is 0 Å². The first kappa shape index (κ1) is 25.4. The third kappa shape index (κ3) is 7.47. The largest absolute Gasteiger partial charge is 0.396 e. The van der Waals surface area contributed by atoms with Crippen LogP contribution in [0.2, 0.25) is 48.4 Å². The van der Waals surface area contributed by atoms with Crippen LogP contribution in [0.1, 0.15) is 67.2 Å². The van der Waals surface area contributed by atoms with Crippen molar-refractivity contribution in [1.82, 2.24) is 0 Å². The van der Waals surface area contributed by atoms with Crippen LogP contribution in [0, 0.1) is 5.41 Å². The van der Waals surface area contributed by atoms with Crippen LogP contribution >= 0.6 is 0 Å². The van der Waals surface area contributed by atoms with Crippen molar-refractivity contribution in [3.63, 3.8) is 0 Å². The lowest BCUT2D eigenvalue weighted by Gasteiger charge is -2.35. The monoisotopic (exact) mass is 388 g/mol. The molecule has 0 aromatic rings. The molecule has 152 valence electrons. The zero-order valence-electron chi connectivity index (χ0n) is 18.3. The highest BCUT2D eigenvalue weighted by molar-refractivity contribution is 6.80.